The fourth-order valence-corrected chi connectivity index (χ4v) is 2.91. The summed E-state index contributed by atoms with van der Waals surface area (Å²) in [4.78, 5) is 34.6. The van der Waals surface area contributed by atoms with Crippen LogP contribution in [-0.4, -0.2) is 61.4 Å². The third kappa shape index (κ3) is 4.47. The van der Waals surface area contributed by atoms with Crippen molar-refractivity contribution in [1.29, 1.82) is 0 Å². The zero-order chi connectivity index (χ0) is 20.2. The fourth-order valence-electron chi connectivity index (χ4n) is 2.91. The highest BCUT2D eigenvalue weighted by atomic mass is 19.2. The van der Waals surface area contributed by atoms with Crippen LogP contribution < -0.4 is 5.73 Å². The molecule has 1 saturated heterocycles. The van der Waals surface area contributed by atoms with Gasteiger partial charge in [0, 0.05) is 25.8 Å². The van der Waals surface area contributed by atoms with Gasteiger partial charge in [-0.3, -0.25) is 9.59 Å². The molecule has 7 atom stereocenters. The van der Waals surface area contributed by atoms with Crippen LogP contribution in [0, 0.1) is 5.92 Å². The van der Waals surface area contributed by atoms with E-state index in [4.69, 9.17) is 19.9 Å². The normalized spacial score (nSPS) is 33.7. The van der Waals surface area contributed by atoms with Crippen molar-refractivity contribution >= 4 is 17.9 Å². The smallest absolute Gasteiger partial charge is 0.375 e. The first-order valence-electron chi connectivity index (χ1n) is 8.18. The number of methoxy groups -OCH3 is 1. The number of halogens is 2. The summed E-state index contributed by atoms with van der Waals surface area (Å²) in [5.74, 6) is -7.36. The average molecular weight is 381 g/mol. The summed E-state index contributed by atoms with van der Waals surface area (Å²) in [6.07, 6.45) is -5.96. The number of esters is 3. The van der Waals surface area contributed by atoms with Gasteiger partial charge in [-0.25, -0.2) is 9.18 Å². The van der Waals surface area contributed by atoms with E-state index in [2.05, 4.69) is 4.74 Å². The predicted octanol–water partition coefficient (Wildman–Crippen LogP) is 0.799. The SMILES string of the molecule is CC[C@@H](OC(C)=O)[C@@H](OC(C)=O)C1OC(F)(C(=O)OC)C(F)C(N)C1C. The van der Waals surface area contributed by atoms with Gasteiger partial charge in [0.15, 0.2) is 12.3 Å². The molecule has 1 heterocycles. The van der Waals surface area contributed by atoms with Gasteiger partial charge >= 0.3 is 23.8 Å². The number of nitrogens with two attached hydrogens (primary N) is 1. The lowest BCUT2D eigenvalue weighted by Crippen LogP contribution is -2.67. The van der Waals surface area contributed by atoms with Gasteiger partial charge in [-0.1, -0.05) is 13.8 Å². The Balaban J connectivity index is 3.30. The Morgan fingerprint density at radius 3 is 2.19 bits per heavy atom. The predicted molar refractivity (Wildman–Crippen MR) is 84.2 cm³/mol. The van der Waals surface area contributed by atoms with Gasteiger partial charge in [-0.05, 0) is 6.42 Å². The molecular weight excluding hydrogens is 356 g/mol. The zero-order valence-corrected chi connectivity index (χ0v) is 15.4. The molecule has 0 aromatic heterocycles. The van der Waals surface area contributed by atoms with E-state index in [0.717, 1.165) is 21.0 Å². The number of hydrogen-bond acceptors (Lipinski definition) is 8. The van der Waals surface area contributed by atoms with Crippen LogP contribution in [0.5, 0.6) is 0 Å². The van der Waals surface area contributed by atoms with Gasteiger partial charge in [0.05, 0.1) is 7.11 Å². The lowest BCUT2D eigenvalue weighted by Gasteiger charge is -2.46. The lowest BCUT2D eigenvalue weighted by atomic mass is 9.82. The number of alkyl halides is 2. The Kier molecular flexibility index (Phi) is 7.45. The maximum atomic E-state index is 15.0. The van der Waals surface area contributed by atoms with E-state index in [1.807, 2.05) is 0 Å². The third-order valence-electron chi connectivity index (χ3n) is 4.30. The van der Waals surface area contributed by atoms with Crippen LogP contribution in [0.25, 0.3) is 0 Å². The molecule has 0 aromatic rings. The molecule has 0 radical (unpaired) electrons. The Morgan fingerprint density at radius 1 is 1.23 bits per heavy atom. The Bertz CT molecular complexity index is 547. The van der Waals surface area contributed by atoms with E-state index in [1.54, 1.807) is 6.92 Å². The molecule has 0 amide bonds. The highest BCUT2D eigenvalue weighted by Crippen LogP contribution is 2.39. The first-order valence-corrected chi connectivity index (χ1v) is 8.18. The molecule has 8 nitrogen and oxygen atoms in total. The largest absolute Gasteiger partial charge is 0.465 e. The molecular formula is C16H25F2NO7. The first-order chi connectivity index (χ1) is 12.0. The van der Waals surface area contributed by atoms with Gasteiger partial charge < -0.3 is 24.7 Å². The van der Waals surface area contributed by atoms with Crippen molar-refractivity contribution in [1.82, 2.24) is 0 Å². The molecule has 26 heavy (non-hydrogen) atoms. The summed E-state index contributed by atoms with van der Waals surface area (Å²) in [6.45, 7) is 5.34. The van der Waals surface area contributed by atoms with E-state index < -0.39 is 60.2 Å². The van der Waals surface area contributed by atoms with Gasteiger partial charge in [-0.15, -0.1) is 0 Å². The zero-order valence-electron chi connectivity index (χ0n) is 15.4. The van der Waals surface area contributed by atoms with Gasteiger partial charge in [0.25, 0.3) is 0 Å². The summed E-state index contributed by atoms with van der Waals surface area (Å²) in [5, 5.41) is 0. The minimum atomic E-state index is -3.47. The second kappa shape index (κ2) is 8.72. The van der Waals surface area contributed by atoms with E-state index in [1.165, 1.54) is 6.92 Å². The lowest BCUT2D eigenvalue weighted by molar-refractivity contribution is -0.285. The molecule has 0 bridgehead atoms. The van der Waals surface area contributed by atoms with Crippen LogP contribution in [-0.2, 0) is 33.3 Å². The molecule has 0 saturated carbocycles. The summed E-state index contributed by atoms with van der Waals surface area (Å²) in [7, 11) is 0.871. The number of carbonyl (C=O) groups is 3. The minimum Gasteiger partial charge on any atom is -0.465 e. The summed E-state index contributed by atoms with van der Waals surface area (Å²) in [6, 6.07) is -1.45. The van der Waals surface area contributed by atoms with Gasteiger partial charge in [0.2, 0.25) is 0 Å². The van der Waals surface area contributed by atoms with Crippen molar-refractivity contribution in [3.63, 3.8) is 0 Å². The van der Waals surface area contributed by atoms with Crippen LogP contribution in [0.3, 0.4) is 0 Å². The summed E-state index contributed by atoms with van der Waals surface area (Å²) < 4.78 is 49.0. The van der Waals surface area contributed by atoms with Crippen LogP contribution >= 0.6 is 0 Å². The topological polar surface area (TPSA) is 114 Å². The molecule has 0 spiro atoms. The Labute approximate surface area is 150 Å². The third-order valence-corrected chi connectivity index (χ3v) is 4.30. The highest BCUT2D eigenvalue weighted by Gasteiger charge is 2.62. The molecule has 0 aromatic carbocycles. The van der Waals surface area contributed by atoms with Crippen LogP contribution in [0.4, 0.5) is 8.78 Å². The van der Waals surface area contributed by atoms with E-state index in [0.29, 0.717) is 0 Å². The van der Waals surface area contributed by atoms with Crippen molar-refractivity contribution < 1.29 is 42.1 Å². The monoisotopic (exact) mass is 381 g/mol. The molecule has 1 rings (SSSR count). The molecule has 1 aliphatic rings. The average Bonchev–Trinajstić information content (AvgIpc) is 2.58. The van der Waals surface area contributed by atoms with Crippen molar-refractivity contribution in [3.05, 3.63) is 0 Å². The maximum absolute atomic E-state index is 15.0. The summed E-state index contributed by atoms with van der Waals surface area (Å²) in [5.41, 5.74) is 5.74. The Hall–Kier alpha value is -1.81. The highest BCUT2D eigenvalue weighted by molar-refractivity contribution is 5.79. The molecule has 5 unspecified atom stereocenters. The number of rotatable bonds is 6. The van der Waals surface area contributed by atoms with Gasteiger partial charge in [-0.2, -0.15) is 4.39 Å². The number of hydrogen-bond donors (Lipinski definition) is 1. The molecule has 0 aliphatic carbocycles. The Morgan fingerprint density at radius 2 is 1.77 bits per heavy atom. The van der Waals surface area contributed by atoms with E-state index >= 15 is 0 Å². The van der Waals surface area contributed by atoms with Gasteiger partial charge in [0.1, 0.15) is 12.2 Å². The molecule has 1 aliphatic heterocycles. The van der Waals surface area contributed by atoms with Crippen LogP contribution in [0.2, 0.25) is 0 Å². The van der Waals surface area contributed by atoms with Crippen molar-refractivity contribution in [3.8, 4) is 0 Å². The minimum absolute atomic E-state index is 0.190. The van der Waals surface area contributed by atoms with Crippen molar-refractivity contribution in [2.24, 2.45) is 11.7 Å². The second-order valence-electron chi connectivity index (χ2n) is 6.19. The molecule has 1 fully saturated rings. The van der Waals surface area contributed by atoms with Crippen molar-refractivity contribution in [2.75, 3.05) is 7.11 Å². The first kappa shape index (κ1) is 22.2. The van der Waals surface area contributed by atoms with Crippen molar-refractivity contribution in [2.45, 2.75) is 70.5 Å². The quantitative estimate of drug-likeness (QED) is 0.531. The van der Waals surface area contributed by atoms with Crippen LogP contribution in [0.15, 0.2) is 0 Å². The maximum Gasteiger partial charge on any atom is 0.375 e. The second-order valence-corrected chi connectivity index (χ2v) is 6.19. The standard InChI is InChI=1S/C16H25F2NO7/c1-6-10(24-8(3)20)13(25-9(4)21)12-7(2)11(19)14(17)16(18,26-12)15(22)23-5/h7,10-14H,6,19H2,1-5H3/t7?,10-,11?,12?,13-,14?,16?/m1/s1. The summed E-state index contributed by atoms with van der Waals surface area (Å²) >= 11 is 0. The molecule has 2 N–H and O–H groups in total. The fraction of sp³-hybridized carbons (Fsp3) is 0.812. The van der Waals surface area contributed by atoms with E-state index in [-0.39, 0.29) is 6.42 Å². The number of carbonyl (C=O) groups excluding carboxylic acids is 3. The van der Waals surface area contributed by atoms with E-state index in [9.17, 15) is 23.2 Å². The molecule has 10 heteroatoms. The van der Waals surface area contributed by atoms with Crippen LogP contribution in [0.1, 0.15) is 34.1 Å². The molecule has 150 valence electrons. The number of ether oxygens (including phenoxy) is 4.